The Kier molecular flexibility index (Phi) is 4.85. The molecule has 0 spiro atoms. The first-order valence-corrected chi connectivity index (χ1v) is 6.93. The Bertz CT molecular complexity index is 670. The van der Waals surface area contributed by atoms with Gasteiger partial charge in [0.15, 0.2) is 11.5 Å². The molecule has 0 saturated heterocycles. The highest BCUT2D eigenvalue weighted by Gasteiger charge is 2.34. The van der Waals surface area contributed by atoms with E-state index < -0.39 is 41.7 Å². The van der Waals surface area contributed by atoms with E-state index in [1.54, 1.807) is 0 Å². The van der Waals surface area contributed by atoms with Crippen molar-refractivity contribution < 1.29 is 23.9 Å². The first-order valence-electron chi connectivity index (χ1n) is 6.93. The van der Waals surface area contributed by atoms with Gasteiger partial charge >= 0.3 is 0 Å². The minimum atomic E-state index is -0.766. The van der Waals surface area contributed by atoms with Gasteiger partial charge in [0.05, 0.1) is 18.2 Å². The maximum Gasteiger partial charge on any atom is 0.277 e. The van der Waals surface area contributed by atoms with Gasteiger partial charge in [0.1, 0.15) is 5.82 Å². The molecule has 1 atom stereocenters. The maximum atomic E-state index is 13.0. The van der Waals surface area contributed by atoms with E-state index in [0.717, 1.165) is 22.0 Å². The molecule has 0 aliphatic carbocycles. The zero-order valence-corrected chi connectivity index (χ0v) is 12.7. The van der Waals surface area contributed by atoms with E-state index in [1.807, 2.05) is 0 Å². The highest BCUT2D eigenvalue weighted by molar-refractivity contribution is 6.67. The van der Waals surface area contributed by atoms with Crippen LogP contribution in [0.2, 0.25) is 0 Å². The number of nitrogens with zero attached hydrogens (tertiary/aromatic N) is 3. The smallest absolute Gasteiger partial charge is 0.277 e. The molecule has 0 saturated carbocycles. The van der Waals surface area contributed by atoms with Gasteiger partial charge in [0.2, 0.25) is 0 Å². The van der Waals surface area contributed by atoms with E-state index in [-0.39, 0.29) is 12.2 Å². The van der Waals surface area contributed by atoms with Crippen LogP contribution in [0.15, 0.2) is 29.4 Å². The van der Waals surface area contributed by atoms with Crippen molar-refractivity contribution in [1.29, 1.82) is 0 Å². The van der Waals surface area contributed by atoms with Crippen molar-refractivity contribution in [3.8, 4) is 0 Å². The van der Waals surface area contributed by atoms with E-state index in [2.05, 4.69) is 5.10 Å². The number of anilines is 1. The van der Waals surface area contributed by atoms with Crippen LogP contribution in [0.4, 0.5) is 10.1 Å². The van der Waals surface area contributed by atoms with Crippen molar-refractivity contribution in [3.05, 3.63) is 30.1 Å². The molecule has 0 aromatic heterocycles. The first-order chi connectivity index (χ1) is 10.8. The number of amides is 2. The SMILES string of the molecule is C[C@@H](O)CN(C)C(=O)C1=NN(c2ccc(F)cc2)C(=O)CC1=O. The molecule has 1 aliphatic rings. The Morgan fingerprint density at radius 2 is 2.00 bits per heavy atom. The van der Waals surface area contributed by atoms with Crippen LogP contribution >= 0.6 is 0 Å². The maximum absolute atomic E-state index is 13.0. The molecule has 1 N–H and O–H groups in total. The van der Waals surface area contributed by atoms with Gasteiger partial charge < -0.3 is 10.0 Å². The highest BCUT2D eigenvalue weighted by atomic mass is 19.1. The van der Waals surface area contributed by atoms with Crippen LogP contribution in [0, 0.1) is 5.82 Å². The van der Waals surface area contributed by atoms with E-state index in [9.17, 15) is 23.9 Å². The molecule has 122 valence electrons. The molecule has 0 bridgehead atoms. The summed E-state index contributed by atoms with van der Waals surface area (Å²) in [6.45, 7) is 1.53. The standard InChI is InChI=1S/C15H16FN3O4/c1-9(20)8-18(2)15(23)14-12(21)7-13(22)19(17-14)11-5-3-10(16)4-6-11/h3-6,9,20H,7-8H2,1-2H3/t9-/m1/s1. The number of halogens is 1. The van der Waals surface area contributed by atoms with Gasteiger partial charge in [-0.05, 0) is 31.2 Å². The largest absolute Gasteiger partial charge is 0.392 e. The van der Waals surface area contributed by atoms with Crippen molar-refractivity contribution in [1.82, 2.24) is 4.90 Å². The third kappa shape index (κ3) is 3.78. The second-order valence-corrected chi connectivity index (χ2v) is 5.27. The van der Waals surface area contributed by atoms with Gasteiger partial charge in [-0.1, -0.05) is 0 Å². The second-order valence-electron chi connectivity index (χ2n) is 5.27. The van der Waals surface area contributed by atoms with Crippen LogP contribution in [0.25, 0.3) is 0 Å². The monoisotopic (exact) mass is 321 g/mol. The molecular formula is C15H16FN3O4. The fraction of sp³-hybridized carbons (Fsp3) is 0.333. The predicted molar refractivity (Wildman–Crippen MR) is 80.3 cm³/mol. The normalized spacial score (nSPS) is 16.2. The number of hydrogen-bond acceptors (Lipinski definition) is 5. The molecule has 2 amide bonds. The minimum Gasteiger partial charge on any atom is -0.392 e. The zero-order chi connectivity index (χ0) is 17.1. The first kappa shape index (κ1) is 16.8. The summed E-state index contributed by atoms with van der Waals surface area (Å²) in [5.41, 5.74) is -0.135. The lowest BCUT2D eigenvalue weighted by Crippen LogP contribution is -2.46. The molecule has 0 unspecified atom stereocenters. The number of benzene rings is 1. The summed E-state index contributed by atoms with van der Waals surface area (Å²) in [6, 6.07) is 4.95. The molecule has 0 radical (unpaired) electrons. The highest BCUT2D eigenvalue weighted by Crippen LogP contribution is 2.20. The number of hydrazone groups is 1. The molecule has 0 fully saturated rings. The van der Waals surface area contributed by atoms with Crippen LogP contribution in [-0.4, -0.2) is 53.0 Å². The molecule has 8 heteroatoms. The molecular weight excluding hydrogens is 305 g/mol. The topological polar surface area (TPSA) is 90.3 Å². The molecule has 2 rings (SSSR count). The Hall–Kier alpha value is -2.61. The predicted octanol–water partition coefficient (Wildman–Crippen LogP) is 0.327. The van der Waals surface area contributed by atoms with Crippen molar-refractivity contribution in [3.63, 3.8) is 0 Å². The Morgan fingerprint density at radius 3 is 2.57 bits per heavy atom. The molecule has 1 aromatic rings. The summed E-state index contributed by atoms with van der Waals surface area (Å²) in [6.07, 6.45) is -1.26. The van der Waals surface area contributed by atoms with Gasteiger partial charge in [-0.15, -0.1) is 0 Å². The summed E-state index contributed by atoms with van der Waals surface area (Å²) in [5.74, 6) is -2.45. The average Bonchev–Trinajstić information content (AvgIpc) is 2.47. The number of aliphatic hydroxyl groups is 1. The van der Waals surface area contributed by atoms with Gasteiger partial charge in [0.25, 0.3) is 11.8 Å². The minimum absolute atomic E-state index is 0.0234. The van der Waals surface area contributed by atoms with Crippen molar-refractivity contribution in [2.24, 2.45) is 5.10 Å². The van der Waals surface area contributed by atoms with Crippen LogP contribution in [0.1, 0.15) is 13.3 Å². The van der Waals surface area contributed by atoms with Crippen LogP contribution < -0.4 is 5.01 Å². The van der Waals surface area contributed by atoms with Gasteiger partial charge in [0, 0.05) is 13.6 Å². The summed E-state index contributed by atoms with van der Waals surface area (Å²) in [7, 11) is 1.42. The van der Waals surface area contributed by atoms with Gasteiger partial charge in [-0.2, -0.15) is 10.1 Å². The van der Waals surface area contributed by atoms with E-state index in [0.29, 0.717) is 0 Å². The third-order valence-electron chi connectivity index (χ3n) is 3.17. The van der Waals surface area contributed by atoms with Crippen LogP contribution in [0.5, 0.6) is 0 Å². The number of rotatable bonds is 4. The number of carbonyl (C=O) groups excluding carboxylic acids is 3. The third-order valence-corrected chi connectivity index (χ3v) is 3.17. The summed E-state index contributed by atoms with van der Waals surface area (Å²) in [4.78, 5) is 37.3. The van der Waals surface area contributed by atoms with Crippen LogP contribution in [0.3, 0.4) is 0 Å². The zero-order valence-electron chi connectivity index (χ0n) is 12.7. The van der Waals surface area contributed by atoms with Crippen LogP contribution in [-0.2, 0) is 14.4 Å². The fourth-order valence-corrected chi connectivity index (χ4v) is 2.11. The lowest BCUT2D eigenvalue weighted by atomic mass is 10.1. The second kappa shape index (κ2) is 6.66. The molecule has 7 nitrogen and oxygen atoms in total. The fourth-order valence-electron chi connectivity index (χ4n) is 2.11. The summed E-state index contributed by atoms with van der Waals surface area (Å²) >= 11 is 0. The Morgan fingerprint density at radius 1 is 1.39 bits per heavy atom. The quantitative estimate of drug-likeness (QED) is 0.809. The van der Waals surface area contributed by atoms with E-state index in [4.69, 9.17) is 0 Å². The number of ketones is 1. The number of likely N-dealkylation sites (N-methyl/N-ethyl adjacent to an activating group) is 1. The molecule has 23 heavy (non-hydrogen) atoms. The van der Waals surface area contributed by atoms with Crippen molar-refractivity contribution in [2.75, 3.05) is 18.6 Å². The summed E-state index contributed by atoms with van der Waals surface area (Å²) < 4.78 is 13.0. The van der Waals surface area contributed by atoms with Gasteiger partial charge in [-0.25, -0.2) is 4.39 Å². The van der Waals surface area contributed by atoms with Crippen molar-refractivity contribution in [2.45, 2.75) is 19.4 Å². The molecule has 1 heterocycles. The van der Waals surface area contributed by atoms with Crippen molar-refractivity contribution >= 4 is 29.0 Å². The van der Waals surface area contributed by atoms with E-state index in [1.165, 1.54) is 26.1 Å². The average molecular weight is 321 g/mol. The lowest BCUT2D eigenvalue weighted by Gasteiger charge is -2.25. The Balaban J connectivity index is 2.32. The molecule has 1 aliphatic heterocycles. The number of aliphatic hydroxyl groups excluding tert-OH is 1. The lowest BCUT2D eigenvalue weighted by molar-refractivity contribution is -0.127. The number of carbonyl (C=O) groups is 3. The number of Topliss-reactive ketones (excluding diaryl/α,β-unsaturated/α-hetero) is 1. The van der Waals surface area contributed by atoms with E-state index >= 15 is 0 Å². The molecule has 1 aromatic carbocycles. The number of hydrogen-bond donors (Lipinski definition) is 1. The Labute approximate surface area is 132 Å². The van der Waals surface area contributed by atoms with Gasteiger partial charge in [-0.3, -0.25) is 14.4 Å². The summed E-state index contributed by atoms with van der Waals surface area (Å²) in [5, 5.41) is 14.0.